The highest BCUT2D eigenvalue weighted by molar-refractivity contribution is 7.46. The van der Waals surface area contributed by atoms with Crippen LogP contribution in [0, 0.1) is 0 Å². The molecule has 0 saturated heterocycles. The Balaban J connectivity index is 3.83. The molecular formula is C13H26O4P+. The van der Waals surface area contributed by atoms with Gasteiger partial charge in [0.2, 0.25) is 0 Å². The summed E-state index contributed by atoms with van der Waals surface area (Å²) in [6, 6.07) is 0. The van der Waals surface area contributed by atoms with E-state index in [1.54, 1.807) is 6.92 Å². The van der Waals surface area contributed by atoms with Gasteiger partial charge in [-0.25, -0.2) is 0 Å². The summed E-state index contributed by atoms with van der Waals surface area (Å²) in [5.74, 6) is -0.423. The van der Waals surface area contributed by atoms with E-state index in [4.69, 9.17) is 9.47 Å². The van der Waals surface area contributed by atoms with Crippen molar-refractivity contribution in [2.75, 3.05) is 13.2 Å². The standard InChI is InChI=1S/C13H26O4P/c1-5-7-9-16-12(4)18(15)11(3)8-10-17-13(14)6-2/h11-12H,5-10H2,1-4H3/q+1. The van der Waals surface area contributed by atoms with E-state index < -0.39 is 7.80 Å². The fourth-order valence-corrected chi connectivity index (χ4v) is 2.73. The molecule has 0 spiro atoms. The second kappa shape index (κ2) is 10.5. The van der Waals surface area contributed by atoms with Crippen molar-refractivity contribution in [1.82, 2.24) is 0 Å². The molecule has 0 fully saturated rings. The molecule has 106 valence electrons. The molecule has 0 aromatic heterocycles. The maximum absolute atomic E-state index is 12.1. The van der Waals surface area contributed by atoms with E-state index in [1.165, 1.54) is 0 Å². The molecule has 0 amide bonds. The average Bonchev–Trinajstić information content (AvgIpc) is 2.37. The second-order valence-corrected chi connectivity index (χ2v) is 6.72. The van der Waals surface area contributed by atoms with Gasteiger partial charge in [0.25, 0.3) is 5.85 Å². The number of unbranched alkanes of at least 4 members (excludes halogenated alkanes) is 1. The van der Waals surface area contributed by atoms with Crippen molar-refractivity contribution in [3.63, 3.8) is 0 Å². The average molecular weight is 277 g/mol. The normalized spacial score (nSPS) is 15.0. The molecule has 0 aliphatic heterocycles. The van der Waals surface area contributed by atoms with Crippen LogP contribution in [0.4, 0.5) is 0 Å². The van der Waals surface area contributed by atoms with E-state index in [1.807, 2.05) is 13.8 Å². The highest BCUT2D eigenvalue weighted by Gasteiger charge is 2.33. The van der Waals surface area contributed by atoms with Gasteiger partial charge >= 0.3 is 13.8 Å². The lowest BCUT2D eigenvalue weighted by Crippen LogP contribution is -2.13. The molecule has 0 aliphatic rings. The maximum atomic E-state index is 12.1. The Hall–Kier alpha value is -0.470. The zero-order valence-corrected chi connectivity index (χ0v) is 12.9. The van der Waals surface area contributed by atoms with Crippen LogP contribution in [0.25, 0.3) is 0 Å². The van der Waals surface area contributed by atoms with Crippen molar-refractivity contribution >= 4 is 13.8 Å². The first-order valence-electron chi connectivity index (χ1n) is 6.75. The van der Waals surface area contributed by atoms with Gasteiger partial charge in [0, 0.05) is 19.8 Å². The molecule has 0 heterocycles. The van der Waals surface area contributed by atoms with Crippen molar-refractivity contribution in [2.24, 2.45) is 0 Å². The predicted molar refractivity (Wildman–Crippen MR) is 73.3 cm³/mol. The minimum atomic E-state index is -1.42. The van der Waals surface area contributed by atoms with E-state index in [0.717, 1.165) is 12.8 Å². The van der Waals surface area contributed by atoms with Gasteiger partial charge in [-0.15, -0.1) is 0 Å². The smallest absolute Gasteiger partial charge is 0.372 e. The molecule has 0 N–H and O–H groups in total. The van der Waals surface area contributed by atoms with E-state index >= 15 is 0 Å². The Kier molecular flexibility index (Phi) is 10.2. The highest BCUT2D eigenvalue weighted by atomic mass is 31.1. The van der Waals surface area contributed by atoms with Gasteiger partial charge in [-0.2, -0.15) is 0 Å². The Morgan fingerprint density at radius 2 is 1.89 bits per heavy atom. The molecule has 4 nitrogen and oxygen atoms in total. The summed E-state index contributed by atoms with van der Waals surface area (Å²) in [7, 11) is -1.42. The van der Waals surface area contributed by atoms with Crippen LogP contribution < -0.4 is 0 Å². The van der Waals surface area contributed by atoms with Gasteiger partial charge in [0.05, 0.1) is 13.2 Å². The molecule has 3 unspecified atom stereocenters. The third-order valence-electron chi connectivity index (χ3n) is 2.74. The monoisotopic (exact) mass is 277 g/mol. The number of rotatable bonds is 10. The fraction of sp³-hybridized carbons (Fsp3) is 0.923. The number of ether oxygens (including phenoxy) is 2. The lowest BCUT2D eigenvalue weighted by atomic mass is 10.3. The summed E-state index contributed by atoms with van der Waals surface area (Å²) >= 11 is 0. The molecule has 0 radical (unpaired) electrons. The number of esters is 1. The Labute approximate surface area is 111 Å². The van der Waals surface area contributed by atoms with Crippen molar-refractivity contribution in [3.8, 4) is 0 Å². The highest BCUT2D eigenvalue weighted by Crippen LogP contribution is 2.36. The van der Waals surface area contributed by atoms with Crippen LogP contribution in [0.5, 0.6) is 0 Å². The quantitative estimate of drug-likeness (QED) is 0.347. The van der Waals surface area contributed by atoms with Gasteiger partial charge in [0.15, 0.2) is 5.66 Å². The van der Waals surface area contributed by atoms with Gasteiger partial charge in [-0.3, -0.25) is 4.79 Å². The second-order valence-electron chi connectivity index (χ2n) is 4.40. The minimum Gasteiger partial charge on any atom is -0.466 e. The van der Waals surface area contributed by atoms with Crippen LogP contribution in [-0.4, -0.2) is 30.7 Å². The first-order valence-corrected chi connectivity index (χ1v) is 8.15. The van der Waals surface area contributed by atoms with Crippen LogP contribution in [0.1, 0.15) is 53.4 Å². The molecular weight excluding hydrogens is 251 g/mol. The molecule has 0 aliphatic carbocycles. The Morgan fingerprint density at radius 1 is 1.22 bits per heavy atom. The van der Waals surface area contributed by atoms with Crippen LogP contribution in [0.3, 0.4) is 0 Å². The van der Waals surface area contributed by atoms with Crippen LogP contribution in [0.2, 0.25) is 0 Å². The minimum absolute atomic E-state index is 0.0151. The van der Waals surface area contributed by atoms with Gasteiger partial charge < -0.3 is 9.47 Å². The Bertz CT molecular complexity index is 255. The summed E-state index contributed by atoms with van der Waals surface area (Å²) in [6.45, 7) is 8.63. The fourth-order valence-electron chi connectivity index (χ4n) is 1.40. The Morgan fingerprint density at radius 3 is 2.44 bits per heavy atom. The van der Waals surface area contributed by atoms with Gasteiger partial charge in [-0.1, -0.05) is 24.8 Å². The molecule has 0 rings (SSSR count). The lowest BCUT2D eigenvalue weighted by molar-refractivity contribution is -0.143. The third kappa shape index (κ3) is 7.78. The number of carbonyl (C=O) groups is 1. The largest absolute Gasteiger partial charge is 0.466 e. The molecule has 18 heavy (non-hydrogen) atoms. The van der Waals surface area contributed by atoms with E-state index in [2.05, 4.69) is 6.92 Å². The lowest BCUT2D eigenvalue weighted by Gasteiger charge is -2.08. The van der Waals surface area contributed by atoms with Crippen LogP contribution in [-0.2, 0) is 18.8 Å². The molecule has 0 aromatic carbocycles. The van der Waals surface area contributed by atoms with E-state index in [-0.39, 0.29) is 17.5 Å². The summed E-state index contributed by atoms with van der Waals surface area (Å²) in [6.07, 6.45) is 3.08. The van der Waals surface area contributed by atoms with Crippen molar-refractivity contribution < 1.29 is 18.8 Å². The SMILES string of the molecule is CCCCOC(C)[P+](=O)C(C)CCOC(=O)CC. The van der Waals surface area contributed by atoms with Gasteiger partial charge in [0.1, 0.15) is 0 Å². The number of hydrogen-bond acceptors (Lipinski definition) is 4. The first kappa shape index (κ1) is 17.5. The zero-order chi connectivity index (χ0) is 14.0. The predicted octanol–water partition coefficient (Wildman–Crippen LogP) is 3.71. The van der Waals surface area contributed by atoms with E-state index in [0.29, 0.717) is 26.1 Å². The summed E-state index contributed by atoms with van der Waals surface area (Å²) in [4.78, 5) is 11.0. The molecule has 5 heteroatoms. The van der Waals surface area contributed by atoms with Crippen LogP contribution in [0.15, 0.2) is 0 Å². The molecule has 0 aromatic rings. The first-order chi connectivity index (χ1) is 8.52. The zero-order valence-electron chi connectivity index (χ0n) is 12.0. The summed E-state index contributed by atoms with van der Waals surface area (Å²) in [5, 5.41) is 0. The summed E-state index contributed by atoms with van der Waals surface area (Å²) in [5.41, 5.74) is 0.0151. The maximum Gasteiger partial charge on any atom is 0.372 e. The van der Waals surface area contributed by atoms with Gasteiger partial charge in [-0.05, 0) is 13.3 Å². The third-order valence-corrected chi connectivity index (χ3v) is 4.73. The van der Waals surface area contributed by atoms with Crippen molar-refractivity contribution in [2.45, 2.75) is 64.9 Å². The number of hydrogen-bond donors (Lipinski definition) is 0. The van der Waals surface area contributed by atoms with Crippen molar-refractivity contribution in [1.29, 1.82) is 0 Å². The van der Waals surface area contributed by atoms with Crippen LogP contribution >= 0.6 is 7.80 Å². The van der Waals surface area contributed by atoms with E-state index in [9.17, 15) is 9.36 Å². The topological polar surface area (TPSA) is 52.6 Å². The molecule has 3 atom stereocenters. The van der Waals surface area contributed by atoms with Crippen molar-refractivity contribution in [3.05, 3.63) is 0 Å². The molecule has 0 saturated carbocycles. The molecule has 0 bridgehead atoms. The summed E-state index contributed by atoms with van der Waals surface area (Å²) < 4.78 is 22.6. The number of carbonyl (C=O) groups excluding carboxylic acids is 1.